The fraction of sp³-hybridized carbons (Fsp3) is 0.417. The molecular formula is C12H17N3O4S. The van der Waals surface area contributed by atoms with Gasteiger partial charge in [-0.1, -0.05) is 0 Å². The van der Waals surface area contributed by atoms with Gasteiger partial charge in [-0.2, -0.15) is 0 Å². The van der Waals surface area contributed by atoms with Crippen molar-refractivity contribution in [3.8, 4) is 0 Å². The van der Waals surface area contributed by atoms with Gasteiger partial charge in [-0.15, -0.1) is 0 Å². The average Bonchev–Trinajstić information content (AvgIpc) is 2.87. The van der Waals surface area contributed by atoms with Gasteiger partial charge in [0, 0.05) is 30.9 Å². The third-order valence-electron chi connectivity index (χ3n) is 2.70. The Hall–Kier alpha value is -1.48. The van der Waals surface area contributed by atoms with E-state index in [0.717, 1.165) is 0 Å². The molecule has 0 fully saturated rings. The van der Waals surface area contributed by atoms with Crippen molar-refractivity contribution in [2.75, 3.05) is 26.4 Å². The van der Waals surface area contributed by atoms with Gasteiger partial charge in [0.2, 0.25) is 10.0 Å². The standard InChI is InChI=1S/C12H17N3O4S/c16-6-8-19-7-2-5-15-20(17,18)11-9-14-12-10(11)3-1-4-13-12/h1,3-4,9,15-16H,2,5-8H2,(H,13,14). The number of hydrogen-bond donors (Lipinski definition) is 3. The second kappa shape index (κ2) is 6.80. The topological polar surface area (TPSA) is 104 Å². The van der Waals surface area contributed by atoms with Crippen molar-refractivity contribution < 1.29 is 18.3 Å². The summed E-state index contributed by atoms with van der Waals surface area (Å²) < 4.78 is 31.9. The second-order valence-corrected chi connectivity index (χ2v) is 5.88. The number of sulfonamides is 1. The first kappa shape index (κ1) is 14.9. The first-order valence-corrected chi connectivity index (χ1v) is 7.74. The highest BCUT2D eigenvalue weighted by Gasteiger charge is 2.18. The number of pyridine rings is 1. The lowest BCUT2D eigenvalue weighted by molar-refractivity contribution is 0.0913. The van der Waals surface area contributed by atoms with Crippen molar-refractivity contribution in [3.05, 3.63) is 24.5 Å². The number of aromatic nitrogens is 2. The molecule has 0 saturated carbocycles. The molecular weight excluding hydrogens is 282 g/mol. The molecule has 20 heavy (non-hydrogen) atoms. The smallest absolute Gasteiger partial charge is 0.242 e. The van der Waals surface area contributed by atoms with Crippen LogP contribution in [0.4, 0.5) is 0 Å². The maximum Gasteiger partial charge on any atom is 0.242 e. The quantitative estimate of drug-likeness (QED) is 0.606. The van der Waals surface area contributed by atoms with E-state index in [0.29, 0.717) is 24.1 Å². The molecule has 0 spiro atoms. The molecule has 110 valence electrons. The number of H-pyrrole nitrogens is 1. The SMILES string of the molecule is O=S(=O)(NCCCOCCO)c1c[nH]c2ncccc12. The average molecular weight is 299 g/mol. The fourth-order valence-electron chi connectivity index (χ4n) is 1.78. The fourth-order valence-corrected chi connectivity index (χ4v) is 3.02. The van der Waals surface area contributed by atoms with Crippen LogP contribution in [0.3, 0.4) is 0 Å². The van der Waals surface area contributed by atoms with E-state index in [-0.39, 0.29) is 24.7 Å². The largest absolute Gasteiger partial charge is 0.394 e. The zero-order chi connectivity index (χ0) is 14.4. The van der Waals surface area contributed by atoms with Crippen LogP contribution in [0, 0.1) is 0 Å². The van der Waals surface area contributed by atoms with Crippen molar-refractivity contribution in [1.29, 1.82) is 0 Å². The molecule has 8 heteroatoms. The molecule has 2 aromatic rings. The number of rotatable bonds is 8. The predicted octanol–water partition coefficient (Wildman–Crippen LogP) is 0.240. The molecule has 0 aliphatic heterocycles. The zero-order valence-electron chi connectivity index (χ0n) is 10.9. The summed E-state index contributed by atoms with van der Waals surface area (Å²) in [5, 5.41) is 9.10. The van der Waals surface area contributed by atoms with Gasteiger partial charge in [-0.05, 0) is 18.6 Å². The molecule has 0 saturated heterocycles. The van der Waals surface area contributed by atoms with Crippen molar-refractivity contribution in [3.63, 3.8) is 0 Å². The van der Waals surface area contributed by atoms with Crippen LogP contribution in [0.15, 0.2) is 29.4 Å². The van der Waals surface area contributed by atoms with Crippen LogP contribution in [0.5, 0.6) is 0 Å². The molecule has 2 rings (SSSR count). The maximum absolute atomic E-state index is 12.2. The highest BCUT2D eigenvalue weighted by Crippen LogP contribution is 2.20. The summed E-state index contributed by atoms with van der Waals surface area (Å²) in [5.74, 6) is 0. The zero-order valence-corrected chi connectivity index (χ0v) is 11.7. The Bertz CT molecular complexity index is 654. The number of fused-ring (bicyclic) bond motifs is 1. The lowest BCUT2D eigenvalue weighted by Crippen LogP contribution is -2.25. The minimum absolute atomic E-state index is 0.0337. The molecule has 2 heterocycles. The highest BCUT2D eigenvalue weighted by atomic mass is 32.2. The van der Waals surface area contributed by atoms with Crippen LogP contribution in [0.2, 0.25) is 0 Å². The Balaban J connectivity index is 1.97. The van der Waals surface area contributed by atoms with E-state index in [2.05, 4.69) is 14.7 Å². The minimum atomic E-state index is -3.56. The van der Waals surface area contributed by atoms with Crippen molar-refractivity contribution in [2.24, 2.45) is 0 Å². The van der Waals surface area contributed by atoms with Crippen LogP contribution >= 0.6 is 0 Å². The summed E-state index contributed by atoms with van der Waals surface area (Å²) in [4.78, 5) is 7.08. The summed E-state index contributed by atoms with van der Waals surface area (Å²) >= 11 is 0. The third-order valence-corrected chi connectivity index (χ3v) is 4.20. The molecule has 0 atom stereocenters. The van der Waals surface area contributed by atoms with Gasteiger partial charge < -0.3 is 14.8 Å². The third kappa shape index (κ3) is 3.54. The normalized spacial score (nSPS) is 12.1. The molecule has 0 bridgehead atoms. The Morgan fingerprint density at radius 3 is 3.05 bits per heavy atom. The monoisotopic (exact) mass is 299 g/mol. The maximum atomic E-state index is 12.2. The molecule has 0 aromatic carbocycles. The van der Waals surface area contributed by atoms with Crippen LogP contribution < -0.4 is 4.72 Å². The number of aromatic amines is 1. The predicted molar refractivity (Wildman–Crippen MR) is 73.8 cm³/mol. The molecule has 0 aliphatic rings. The first-order chi connectivity index (χ1) is 9.65. The lowest BCUT2D eigenvalue weighted by Gasteiger charge is -2.06. The van der Waals surface area contributed by atoms with E-state index < -0.39 is 10.0 Å². The van der Waals surface area contributed by atoms with Crippen molar-refractivity contribution in [1.82, 2.24) is 14.7 Å². The summed E-state index contributed by atoms with van der Waals surface area (Å²) in [6.07, 6.45) is 3.57. The summed E-state index contributed by atoms with van der Waals surface area (Å²) in [7, 11) is -3.56. The van der Waals surface area contributed by atoms with Crippen LogP contribution in [0.1, 0.15) is 6.42 Å². The number of aliphatic hydroxyl groups excluding tert-OH is 1. The van der Waals surface area contributed by atoms with Gasteiger partial charge in [-0.25, -0.2) is 18.1 Å². The molecule has 0 radical (unpaired) electrons. The minimum Gasteiger partial charge on any atom is -0.394 e. The van der Waals surface area contributed by atoms with Gasteiger partial charge in [0.15, 0.2) is 0 Å². The lowest BCUT2D eigenvalue weighted by atomic mass is 10.3. The van der Waals surface area contributed by atoms with E-state index in [4.69, 9.17) is 9.84 Å². The first-order valence-electron chi connectivity index (χ1n) is 6.25. The van der Waals surface area contributed by atoms with E-state index in [1.54, 1.807) is 18.3 Å². The van der Waals surface area contributed by atoms with Crippen molar-refractivity contribution in [2.45, 2.75) is 11.3 Å². The van der Waals surface area contributed by atoms with Gasteiger partial charge in [0.05, 0.1) is 13.2 Å². The summed E-state index contributed by atoms with van der Waals surface area (Å²) in [6, 6.07) is 3.40. The number of ether oxygens (including phenoxy) is 1. The Kier molecular flexibility index (Phi) is 5.07. The van der Waals surface area contributed by atoms with Gasteiger partial charge in [0.25, 0.3) is 0 Å². The van der Waals surface area contributed by atoms with Gasteiger partial charge in [0.1, 0.15) is 10.5 Å². The van der Waals surface area contributed by atoms with E-state index in [9.17, 15) is 8.42 Å². The molecule has 0 aliphatic carbocycles. The summed E-state index contributed by atoms with van der Waals surface area (Å²) in [5.41, 5.74) is 0.541. The molecule has 2 aromatic heterocycles. The molecule has 0 unspecified atom stereocenters. The number of hydrogen-bond acceptors (Lipinski definition) is 5. The van der Waals surface area contributed by atoms with Crippen LogP contribution in [-0.4, -0.2) is 49.9 Å². The Labute approximate surface area is 117 Å². The van der Waals surface area contributed by atoms with Crippen LogP contribution in [-0.2, 0) is 14.8 Å². The summed E-state index contributed by atoms with van der Waals surface area (Å²) in [6.45, 7) is 0.911. The van der Waals surface area contributed by atoms with Crippen LogP contribution in [0.25, 0.3) is 11.0 Å². The van der Waals surface area contributed by atoms with E-state index in [1.165, 1.54) is 6.20 Å². The van der Waals surface area contributed by atoms with E-state index >= 15 is 0 Å². The molecule has 7 nitrogen and oxygen atoms in total. The highest BCUT2D eigenvalue weighted by molar-refractivity contribution is 7.89. The van der Waals surface area contributed by atoms with Gasteiger partial charge in [-0.3, -0.25) is 0 Å². The molecule has 3 N–H and O–H groups in total. The number of aliphatic hydroxyl groups is 1. The number of nitrogens with one attached hydrogen (secondary N) is 2. The van der Waals surface area contributed by atoms with Gasteiger partial charge >= 0.3 is 0 Å². The van der Waals surface area contributed by atoms with Crippen molar-refractivity contribution >= 4 is 21.1 Å². The van der Waals surface area contributed by atoms with E-state index in [1.807, 2.05) is 0 Å². The molecule has 0 amide bonds. The number of nitrogens with zero attached hydrogens (tertiary/aromatic N) is 1. The Morgan fingerprint density at radius 2 is 2.25 bits per heavy atom. The Morgan fingerprint density at radius 1 is 1.40 bits per heavy atom. The second-order valence-electron chi connectivity index (χ2n) is 4.14.